The largest absolute Gasteiger partial charge is 0.394 e. The van der Waals surface area contributed by atoms with Gasteiger partial charge in [0.2, 0.25) is 0 Å². The Bertz CT molecular complexity index is 191. The number of hydrogen-bond donors (Lipinski definition) is 2. The Labute approximate surface area is 107 Å². The van der Waals surface area contributed by atoms with Crippen molar-refractivity contribution in [2.45, 2.75) is 65.0 Å². The van der Waals surface area contributed by atoms with Crippen LogP contribution in [0.3, 0.4) is 0 Å². The lowest BCUT2D eigenvalue weighted by molar-refractivity contribution is 0.166. The Kier molecular flexibility index (Phi) is 8.01. The van der Waals surface area contributed by atoms with Gasteiger partial charge in [-0.05, 0) is 52.1 Å². The van der Waals surface area contributed by atoms with Crippen molar-refractivity contribution in [2.24, 2.45) is 11.7 Å². The SMILES string of the molecule is CCC(N)(CO)CCCN(C)C(C)CC(C)C. The monoisotopic (exact) mass is 244 g/mol. The Morgan fingerprint density at radius 1 is 1.29 bits per heavy atom. The Hall–Kier alpha value is -0.120. The molecule has 0 spiro atoms. The van der Waals surface area contributed by atoms with E-state index >= 15 is 0 Å². The third-order valence-electron chi connectivity index (χ3n) is 3.77. The van der Waals surface area contributed by atoms with E-state index in [1.807, 2.05) is 6.92 Å². The first-order valence-corrected chi connectivity index (χ1v) is 6.94. The highest BCUT2D eigenvalue weighted by molar-refractivity contribution is 4.82. The molecule has 0 aromatic heterocycles. The van der Waals surface area contributed by atoms with Gasteiger partial charge in [0.05, 0.1) is 6.61 Å². The maximum atomic E-state index is 9.24. The lowest BCUT2D eigenvalue weighted by atomic mass is 9.92. The van der Waals surface area contributed by atoms with Crippen LogP contribution in [0, 0.1) is 5.92 Å². The van der Waals surface area contributed by atoms with Crippen molar-refractivity contribution in [2.75, 3.05) is 20.2 Å². The van der Waals surface area contributed by atoms with Gasteiger partial charge in [0.1, 0.15) is 0 Å². The van der Waals surface area contributed by atoms with Crippen LogP contribution < -0.4 is 5.73 Å². The van der Waals surface area contributed by atoms with Crippen LogP contribution in [0.25, 0.3) is 0 Å². The summed E-state index contributed by atoms with van der Waals surface area (Å²) in [6.07, 6.45) is 4.04. The maximum Gasteiger partial charge on any atom is 0.0611 e. The lowest BCUT2D eigenvalue weighted by Gasteiger charge is -2.29. The molecule has 0 radical (unpaired) electrons. The Balaban J connectivity index is 3.88. The quantitative estimate of drug-likeness (QED) is 0.654. The predicted octanol–water partition coefficient (Wildman–Crippen LogP) is 2.23. The predicted molar refractivity (Wildman–Crippen MR) is 75.1 cm³/mol. The first-order valence-electron chi connectivity index (χ1n) is 6.94. The molecule has 104 valence electrons. The highest BCUT2D eigenvalue weighted by atomic mass is 16.3. The molecule has 0 aliphatic heterocycles. The molecule has 0 aliphatic carbocycles. The van der Waals surface area contributed by atoms with Gasteiger partial charge in [-0.3, -0.25) is 0 Å². The van der Waals surface area contributed by atoms with Crippen molar-refractivity contribution >= 4 is 0 Å². The van der Waals surface area contributed by atoms with Crippen LogP contribution in [0.4, 0.5) is 0 Å². The number of rotatable bonds is 9. The molecule has 0 heterocycles. The van der Waals surface area contributed by atoms with Crippen LogP contribution in [0.1, 0.15) is 53.4 Å². The molecule has 0 saturated carbocycles. The van der Waals surface area contributed by atoms with Gasteiger partial charge in [0.25, 0.3) is 0 Å². The van der Waals surface area contributed by atoms with Gasteiger partial charge in [-0.15, -0.1) is 0 Å². The molecule has 0 aromatic carbocycles. The molecular weight excluding hydrogens is 212 g/mol. The molecule has 0 aliphatic rings. The van der Waals surface area contributed by atoms with E-state index in [9.17, 15) is 5.11 Å². The van der Waals surface area contributed by atoms with Crippen LogP contribution in [0.2, 0.25) is 0 Å². The van der Waals surface area contributed by atoms with Crippen molar-refractivity contribution in [3.63, 3.8) is 0 Å². The van der Waals surface area contributed by atoms with Crippen LogP contribution in [-0.2, 0) is 0 Å². The van der Waals surface area contributed by atoms with E-state index in [0.717, 1.165) is 31.7 Å². The summed E-state index contributed by atoms with van der Waals surface area (Å²) >= 11 is 0. The molecule has 0 saturated heterocycles. The number of nitrogens with two attached hydrogens (primary N) is 1. The fourth-order valence-corrected chi connectivity index (χ4v) is 2.13. The first kappa shape index (κ1) is 16.9. The fourth-order valence-electron chi connectivity index (χ4n) is 2.13. The summed E-state index contributed by atoms with van der Waals surface area (Å²) in [6.45, 7) is 10.0. The molecule has 2 unspecified atom stereocenters. The summed E-state index contributed by atoms with van der Waals surface area (Å²) in [6, 6.07) is 0.623. The molecule has 0 rings (SSSR count). The van der Waals surface area contributed by atoms with E-state index < -0.39 is 0 Å². The molecule has 3 N–H and O–H groups in total. The van der Waals surface area contributed by atoms with E-state index in [2.05, 4.69) is 32.7 Å². The number of hydrogen-bond acceptors (Lipinski definition) is 3. The maximum absolute atomic E-state index is 9.24. The fraction of sp³-hybridized carbons (Fsp3) is 1.00. The van der Waals surface area contributed by atoms with Crippen molar-refractivity contribution in [1.82, 2.24) is 4.90 Å². The van der Waals surface area contributed by atoms with Gasteiger partial charge in [-0.25, -0.2) is 0 Å². The molecule has 3 nitrogen and oxygen atoms in total. The summed E-state index contributed by atoms with van der Waals surface area (Å²) in [5.74, 6) is 0.745. The molecule has 0 amide bonds. The Morgan fingerprint density at radius 3 is 2.29 bits per heavy atom. The third-order valence-corrected chi connectivity index (χ3v) is 3.77. The van der Waals surface area contributed by atoms with E-state index in [4.69, 9.17) is 5.73 Å². The second kappa shape index (κ2) is 8.06. The van der Waals surface area contributed by atoms with Gasteiger partial charge in [-0.2, -0.15) is 0 Å². The van der Waals surface area contributed by atoms with Crippen molar-refractivity contribution in [3.05, 3.63) is 0 Å². The average molecular weight is 244 g/mol. The van der Waals surface area contributed by atoms with Crippen LogP contribution in [-0.4, -0.2) is 41.8 Å². The topological polar surface area (TPSA) is 49.5 Å². The van der Waals surface area contributed by atoms with Crippen LogP contribution in [0.5, 0.6) is 0 Å². The van der Waals surface area contributed by atoms with Gasteiger partial charge in [0, 0.05) is 11.6 Å². The lowest BCUT2D eigenvalue weighted by Crippen LogP contribution is -2.43. The van der Waals surface area contributed by atoms with E-state index in [1.165, 1.54) is 6.42 Å². The second-order valence-electron chi connectivity index (χ2n) is 5.94. The summed E-state index contributed by atoms with van der Waals surface area (Å²) in [4.78, 5) is 2.40. The zero-order valence-electron chi connectivity index (χ0n) is 12.4. The van der Waals surface area contributed by atoms with E-state index in [0.29, 0.717) is 6.04 Å². The van der Waals surface area contributed by atoms with Crippen LogP contribution >= 0.6 is 0 Å². The number of aliphatic hydroxyl groups is 1. The summed E-state index contributed by atoms with van der Waals surface area (Å²) in [5.41, 5.74) is 5.70. The highest BCUT2D eigenvalue weighted by Gasteiger charge is 2.21. The van der Waals surface area contributed by atoms with Crippen molar-refractivity contribution in [3.8, 4) is 0 Å². The summed E-state index contributed by atoms with van der Waals surface area (Å²) in [7, 11) is 2.18. The number of aliphatic hydroxyl groups excluding tert-OH is 1. The molecule has 17 heavy (non-hydrogen) atoms. The minimum atomic E-state index is -0.373. The minimum absolute atomic E-state index is 0.0920. The molecule has 0 fully saturated rings. The minimum Gasteiger partial charge on any atom is -0.394 e. The molecular formula is C14H32N2O. The van der Waals surface area contributed by atoms with E-state index in [1.54, 1.807) is 0 Å². The zero-order valence-corrected chi connectivity index (χ0v) is 12.4. The Morgan fingerprint density at radius 2 is 1.88 bits per heavy atom. The normalized spacial score (nSPS) is 17.5. The van der Waals surface area contributed by atoms with Gasteiger partial charge in [-0.1, -0.05) is 20.8 Å². The second-order valence-corrected chi connectivity index (χ2v) is 5.94. The highest BCUT2D eigenvalue weighted by Crippen LogP contribution is 2.15. The standard InChI is InChI=1S/C14H32N2O/c1-6-14(15,11-17)8-7-9-16(5)13(4)10-12(2)3/h12-13,17H,6-11,15H2,1-5H3. The van der Waals surface area contributed by atoms with Gasteiger partial charge in [0.15, 0.2) is 0 Å². The van der Waals surface area contributed by atoms with Crippen molar-refractivity contribution < 1.29 is 5.11 Å². The zero-order chi connectivity index (χ0) is 13.5. The van der Waals surface area contributed by atoms with Crippen molar-refractivity contribution in [1.29, 1.82) is 0 Å². The number of nitrogens with zero attached hydrogens (tertiary/aromatic N) is 1. The molecule has 3 heteroatoms. The van der Waals surface area contributed by atoms with Crippen LogP contribution in [0.15, 0.2) is 0 Å². The molecule has 0 aromatic rings. The summed E-state index contributed by atoms with van der Waals surface area (Å²) in [5, 5.41) is 9.24. The van der Waals surface area contributed by atoms with Gasteiger partial charge < -0.3 is 15.7 Å². The first-order chi connectivity index (χ1) is 7.84. The summed E-state index contributed by atoms with van der Waals surface area (Å²) < 4.78 is 0. The molecule has 0 bridgehead atoms. The molecule has 2 atom stereocenters. The van der Waals surface area contributed by atoms with E-state index in [-0.39, 0.29) is 12.1 Å². The van der Waals surface area contributed by atoms with Gasteiger partial charge >= 0.3 is 0 Å². The third kappa shape index (κ3) is 7.02. The average Bonchev–Trinajstić information content (AvgIpc) is 2.27. The smallest absolute Gasteiger partial charge is 0.0611 e.